The van der Waals surface area contributed by atoms with Crippen molar-refractivity contribution in [3.63, 3.8) is 0 Å². The predicted molar refractivity (Wildman–Crippen MR) is 87.6 cm³/mol. The third kappa shape index (κ3) is 3.41. The fourth-order valence-electron chi connectivity index (χ4n) is 2.94. The second-order valence-corrected chi connectivity index (χ2v) is 5.78. The minimum Gasteiger partial charge on any atom is -0.378 e. The highest BCUT2D eigenvalue weighted by Crippen LogP contribution is 2.20. The van der Waals surface area contributed by atoms with Crippen molar-refractivity contribution < 1.29 is 9.90 Å². The molecule has 120 valence electrons. The average Bonchev–Trinajstić information content (AvgIpc) is 2.60. The first-order chi connectivity index (χ1) is 11.2. The number of amides is 1. The van der Waals surface area contributed by atoms with Crippen LogP contribution in [0.4, 0.5) is 0 Å². The van der Waals surface area contributed by atoms with Crippen molar-refractivity contribution in [2.45, 2.75) is 32.5 Å². The zero-order valence-electron chi connectivity index (χ0n) is 13.2. The number of fused-ring (bicyclic) bond motifs is 1. The summed E-state index contributed by atoms with van der Waals surface area (Å²) >= 11 is 0. The Balaban J connectivity index is 1.72. The van der Waals surface area contributed by atoms with Crippen LogP contribution in [0.25, 0.3) is 0 Å². The summed E-state index contributed by atoms with van der Waals surface area (Å²) in [6.45, 7) is 4.10. The van der Waals surface area contributed by atoms with Crippen molar-refractivity contribution in [1.29, 1.82) is 0 Å². The summed E-state index contributed by atoms with van der Waals surface area (Å²) in [4.78, 5) is 16.6. The van der Waals surface area contributed by atoms with Crippen molar-refractivity contribution in [2.75, 3.05) is 6.54 Å². The highest BCUT2D eigenvalue weighted by atomic mass is 16.3. The summed E-state index contributed by atoms with van der Waals surface area (Å²) in [5.41, 5.74) is 5.05. The molecule has 3 N–H and O–H groups in total. The number of aromatic nitrogens is 1. The Hall–Kier alpha value is -2.24. The summed E-state index contributed by atoms with van der Waals surface area (Å²) in [7, 11) is 0. The quantitative estimate of drug-likeness (QED) is 0.797. The normalized spacial score (nSPS) is 14.9. The second kappa shape index (κ2) is 6.89. The predicted octanol–water partition coefficient (Wildman–Crippen LogP) is 1.39. The maximum absolute atomic E-state index is 12.2. The number of carbonyl (C=O) groups excluding carboxylic acids is 1. The van der Waals surface area contributed by atoms with E-state index in [0.717, 1.165) is 30.8 Å². The van der Waals surface area contributed by atoms with E-state index in [-0.39, 0.29) is 5.91 Å². The Morgan fingerprint density at radius 3 is 2.96 bits per heavy atom. The number of pyridine rings is 1. The zero-order chi connectivity index (χ0) is 16.2. The SMILES string of the molecule is Cc1ncc2c(c1CNC(=O)[C@@H](O)c1ccccc1)CCNC2. The molecule has 1 aliphatic heterocycles. The Morgan fingerprint density at radius 2 is 2.17 bits per heavy atom. The van der Waals surface area contributed by atoms with E-state index in [9.17, 15) is 9.90 Å². The molecule has 0 saturated carbocycles. The van der Waals surface area contributed by atoms with Crippen LogP contribution in [0.5, 0.6) is 0 Å². The van der Waals surface area contributed by atoms with Crippen LogP contribution < -0.4 is 10.6 Å². The molecule has 3 rings (SSSR count). The molecule has 0 aliphatic carbocycles. The molecule has 5 heteroatoms. The van der Waals surface area contributed by atoms with Crippen LogP contribution in [-0.2, 0) is 24.3 Å². The van der Waals surface area contributed by atoms with Crippen LogP contribution in [0.3, 0.4) is 0 Å². The summed E-state index contributed by atoms with van der Waals surface area (Å²) < 4.78 is 0. The average molecular weight is 311 g/mol. The molecule has 1 aromatic carbocycles. The molecule has 1 amide bonds. The molecule has 0 spiro atoms. The minimum absolute atomic E-state index is 0.387. The van der Waals surface area contributed by atoms with Crippen molar-refractivity contribution in [1.82, 2.24) is 15.6 Å². The molecule has 2 aromatic rings. The van der Waals surface area contributed by atoms with Gasteiger partial charge >= 0.3 is 0 Å². The minimum atomic E-state index is -1.15. The number of hydrogen-bond acceptors (Lipinski definition) is 4. The lowest BCUT2D eigenvalue weighted by Crippen LogP contribution is -2.31. The van der Waals surface area contributed by atoms with Gasteiger partial charge in [0.1, 0.15) is 0 Å². The first-order valence-electron chi connectivity index (χ1n) is 7.84. The van der Waals surface area contributed by atoms with E-state index in [0.29, 0.717) is 12.1 Å². The van der Waals surface area contributed by atoms with E-state index in [1.54, 1.807) is 24.3 Å². The molecule has 0 unspecified atom stereocenters. The molecule has 23 heavy (non-hydrogen) atoms. The number of aryl methyl sites for hydroxylation is 1. The highest BCUT2D eigenvalue weighted by molar-refractivity contribution is 5.81. The van der Waals surface area contributed by atoms with Gasteiger partial charge in [0.25, 0.3) is 5.91 Å². The van der Waals surface area contributed by atoms with Gasteiger partial charge in [-0.1, -0.05) is 30.3 Å². The smallest absolute Gasteiger partial charge is 0.253 e. The maximum Gasteiger partial charge on any atom is 0.253 e. The second-order valence-electron chi connectivity index (χ2n) is 5.78. The van der Waals surface area contributed by atoms with E-state index < -0.39 is 6.10 Å². The van der Waals surface area contributed by atoms with Crippen LogP contribution in [0.2, 0.25) is 0 Å². The number of aliphatic hydroxyl groups excluding tert-OH is 1. The molecule has 5 nitrogen and oxygen atoms in total. The van der Waals surface area contributed by atoms with E-state index >= 15 is 0 Å². The Bertz CT molecular complexity index is 701. The van der Waals surface area contributed by atoms with Gasteiger partial charge in [-0.3, -0.25) is 9.78 Å². The van der Waals surface area contributed by atoms with Gasteiger partial charge in [0.05, 0.1) is 0 Å². The molecule has 1 aliphatic rings. The molecule has 1 aromatic heterocycles. The van der Waals surface area contributed by atoms with Crippen LogP contribution in [0.15, 0.2) is 36.5 Å². The Morgan fingerprint density at radius 1 is 1.39 bits per heavy atom. The number of benzene rings is 1. The van der Waals surface area contributed by atoms with E-state index in [4.69, 9.17) is 0 Å². The molecule has 2 heterocycles. The summed E-state index contributed by atoms with van der Waals surface area (Å²) in [5, 5.41) is 16.3. The molecule has 0 saturated heterocycles. The zero-order valence-corrected chi connectivity index (χ0v) is 13.2. The molecular formula is C18H21N3O2. The summed E-state index contributed by atoms with van der Waals surface area (Å²) in [6.07, 6.45) is 1.69. The van der Waals surface area contributed by atoms with Crippen molar-refractivity contribution in [2.24, 2.45) is 0 Å². The van der Waals surface area contributed by atoms with Crippen LogP contribution >= 0.6 is 0 Å². The van der Waals surface area contributed by atoms with Crippen molar-refractivity contribution in [3.05, 3.63) is 64.5 Å². The van der Waals surface area contributed by atoms with Gasteiger partial charge in [-0.05, 0) is 42.1 Å². The van der Waals surface area contributed by atoms with Gasteiger partial charge in [0.15, 0.2) is 6.10 Å². The standard InChI is InChI=1S/C18H21N3O2/c1-12-16(15-7-8-19-9-14(15)10-20-12)11-21-18(23)17(22)13-5-3-2-4-6-13/h2-6,10,17,19,22H,7-9,11H2,1H3,(H,21,23)/t17-/m0/s1. The number of carbonyl (C=O) groups is 1. The van der Waals surface area contributed by atoms with Gasteiger partial charge in [-0.25, -0.2) is 0 Å². The van der Waals surface area contributed by atoms with E-state index in [2.05, 4.69) is 15.6 Å². The molecule has 0 radical (unpaired) electrons. The maximum atomic E-state index is 12.2. The number of hydrogen-bond donors (Lipinski definition) is 3. The largest absolute Gasteiger partial charge is 0.378 e. The van der Waals surface area contributed by atoms with Crippen molar-refractivity contribution in [3.8, 4) is 0 Å². The monoisotopic (exact) mass is 311 g/mol. The first-order valence-corrected chi connectivity index (χ1v) is 7.84. The van der Waals surface area contributed by atoms with Crippen LogP contribution in [0, 0.1) is 6.92 Å². The fourth-order valence-corrected chi connectivity index (χ4v) is 2.94. The lowest BCUT2D eigenvalue weighted by Gasteiger charge is -2.22. The van der Waals surface area contributed by atoms with Crippen LogP contribution in [0.1, 0.15) is 34.1 Å². The van der Waals surface area contributed by atoms with Gasteiger partial charge in [-0.15, -0.1) is 0 Å². The van der Waals surface area contributed by atoms with Gasteiger partial charge in [0, 0.05) is 25.0 Å². The molecular weight excluding hydrogens is 290 g/mol. The topological polar surface area (TPSA) is 74.2 Å². The Labute approximate surface area is 135 Å². The molecule has 1 atom stereocenters. The molecule has 0 bridgehead atoms. The third-order valence-electron chi connectivity index (χ3n) is 4.27. The Kier molecular flexibility index (Phi) is 4.69. The van der Waals surface area contributed by atoms with Crippen LogP contribution in [-0.4, -0.2) is 22.5 Å². The van der Waals surface area contributed by atoms with Gasteiger partial charge in [0.2, 0.25) is 0 Å². The molecule has 0 fully saturated rings. The number of aliphatic hydroxyl groups is 1. The third-order valence-corrected chi connectivity index (χ3v) is 4.27. The lowest BCUT2D eigenvalue weighted by atomic mass is 9.96. The summed E-state index contributed by atoms with van der Waals surface area (Å²) in [6, 6.07) is 8.95. The van der Waals surface area contributed by atoms with Crippen molar-refractivity contribution >= 4 is 5.91 Å². The number of rotatable bonds is 4. The van der Waals surface area contributed by atoms with E-state index in [1.807, 2.05) is 19.2 Å². The summed E-state index contributed by atoms with van der Waals surface area (Å²) in [5.74, 6) is -0.387. The highest BCUT2D eigenvalue weighted by Gasteiger charge is 2.19. The fraction of sp³-hybridized carbons (Fsp3) is 0.333. The number of nitrogens with one attached hydrogen (secondary N) is 2. The lowest BCUT2D eigenvalue weighted by molar-refractivity contribution is -0.129. The van der Waals surface area contributed by atoms with E-state index in [1.165, 1.54) is 11.1 Å². The van der Waals surface area contributed by atoms with Gasteiger partial charge < -0.3 is 15.7 Å². The van der Waals surface area contributed by atoms with Gasteiger partial charge in [-0.2, -0.15) is 0 Å². The number of nitrogens with zero attached hydrogens (tertiary/aromatic N) is 1. The first kappa shape index (κ1) is 15.6.